The predicted molar refractivity (Wildman–Crippen MR) is 98.8 cm³/mol. The van der Waals surface area contributed by atoms with Crippen LogP contribution in [0, 0.1) is 0 Å². The number of hydrogen-bond donors (Lipinski definition) is 1. The van der Waals surface area contributed by atoms with E-state index >= 15 is 0 Å². The molecule has 0 aromatic heterocycles. The first-order valence-electron chi connectivity index (χ1n) is 9.59. The van der Waals surface area contributed by atoms with Gasteiger partial charge in [-0.25, -0.2) is 9.69 Å². The van der Waals surface area contributed by atoms with Gasteiger partial charge in [0.25, 0.3) is 5.91 Å². The van der Waals surface area contributed by atoms with Crippen molar-refractivity contribution in [2.75, 3.05) is 13.6 Å². The van der Waals surface area contributed by atoms with Gasteiger partial charge < -0.3 is 15.0 Å². The summed E-state index contributed by atoms with van der Waals surface area (Å²) in [4.78, 5) is 52.0. The molecule has 2 rings (SSSR count). The molecule has 2 fully saturated rings. The van der Waals surface area contributed by atoms with Gasteiger partial charge in [0, 0.05) is 20.0 Å². The van der Waals surface area contributed by atoms with Crippen molar-refractivity contribution in [2.45, 2.75) is 83.4 Å². The van der Waals surface area contributed by atoms with E-state index in [1.807, 2.05) is 0 Å². The van der Waals surface area contributed by atoms with Gasteiger partial charge >= 0.3 is 12.0 Å². The van der Waals surface area contributed by atoms with Crippen molar-refractivity contribution < 1.29 is 23.9 Å². The van der Waals surface area contributed by atoms with E-state index in [-0.39, 0.29) is 24.2 Å². The molecule has 2 aliphatic rings. The van der Waals surface area contributed by atoms with E-state index in [1.165, 1.54) is 4.90 Å². The summed E-state index contributed by atoms with van der Waals surface area (Å²) in [6, 6.07) is -1.37. The van der Waals surface area contributed by atoms with Crippen molar-refractivity contribution in [2.24, 2.45) is 0 Å². The summed E-state index contributed by atoms with van der Waals surface area (Å²) < 4.78 is 5.24. The first-order valence-corrected chi connectivity index (χ1v) is 9.59. The first-order chi connectivity index (χ1) is 12.5. The fourth-order valence-corrected chi connectivity index (χ4v) is 3.70. The van der Waals surface area contributed by atoms with Crippen LogP contribution in [-0.2, 0) is 19.1 Å². The minimum Gasteiger partial charge on any atom is -0.460 e. The smallest absolute Gasteiger partial charge is 0.325 e. The van der Waals surface area contributed by atoms with Gasteiger partial charge in [-0.15, -0.1) is 0 Å². The Bertz CT molecular complexity index is 619. The molecule has 1 unspecified atom stereocenters. The van der Waals surface area contributed by atoms with Crippen molar-refractivity contribution in [1.82, 2.24) is 15.1 Å². The van der Waals surface area contributed by atoms with Gasteiger partial charge in [0.05, 0.1) is 0 Å². The van der Waals surface area contributed by atoms with Crippen LogP contribution in [0.3, 0.4) is 0 Å². The third kappa shape index (κ3) is 4.78. The topological polar surface area (TPSA) is 96.0 Å². The van der Waals surface area contributed by atoms with Crippen molar-refractivity contribution in [3.63, 3.8) is 0 Å². The normalized spacial score (nSPS) is 20.0. The Morgan fingerprint density at radius 2 is 1.85 bits per heavy atom. The van der Waals surface area contributed by atoms with Gasteiger partial charge in [-0.2, -0.15) is 0 Å². The molecule has 1 heterocycles. The average molecular weight is 381 g/mol. The minimum atomic E-state index is -0.871. The zero-order valence-electron chi connectivity index (χ0n) is 17.0. The Morgan fingerprint density at radius 1 is 1.26 bits per heavy atom. The van der Waals surface area contributed by atoms with Crippen LogP contribution < -0.4 is 5.32 Å². The maximum atomic E-state index is 12.8. The first kappa shape index (κ1) is 21.2. The second-order valence-corrected chi connectivity index (χ2v) is 8.52. The Balaban J connectivity index is 1.88. The third-order valence-corrected chi connectivity index (χ3v) is 5.07. The van der Waals surface area contributed by atoms with Gasteiger partial charge in [-0.05, 0) is 47.0 Å². The van der Waals surface area contributed by atoms with Gasteiger partial charge in [-0.3, -0.25) is 14.4 Å². The molecular weight excluding hydrogens is 350 g/mol. The van der Waals surface area contributed by atoms with E-state index in [0.29, 0.717) is 25.8 Å². The number of rotatable bonds is 6. The highest BCUT2D eigenvalue weighted by atomic mass is 16.6. The number of carbonyl (C=O) groups is 4. The summed E-state index contributed by atoms with van der Waals surface area (Å²) in [5.41, 5.74) is -1.35. The molecule has 1 saturated heterocycles. The number of amides is 4. The number of nitrogens with zero attached hydrogens (tertiary/aromatic N) is 2. The van der Waals surface area contributed by atoms with E-state index in [2.05, 4.69) is 5.32 Å². The van der Waals surface area contributed by atoms with E-state index in [4.69, 9.17) is 4.74 Å². The standard InChI is InChI=1S/C19H31N3O5/c1-13(22-16(25)19(20-17(22)26)10-6-7-11-19)15(24)21(5)12-8-9-14(23)27-18(2,3)4/h13H,6-12H2,1-5H3,(H,20,26). The highest BCUT2D eigenvalue weighted by Crippen LogP contribution is 2.35. The Morgan fingerprint density at radius 3 is 2.41 bits per heavy atom. The summed E-state index contributed by atoms with van der Waals surface area (Å²) in [5, 5.41) is 2.79. The fraction of sp³-hybridized carbons (Fsp3) is 0.789. The number of urea groups is 1. The summed E-state index contributed by atoms with van der Waals surface area (Å²) in [6.45, 7) is 7.32. The SMILES string of the molecule is CC(C(=O)N(C)CCCC(=O)OC(C)(C)C)N1C(=O)NC2(CCCC2)C1=O. The van der Waals surface area contributed by atoms with E-state index in [1.54, 1.807) is 34.7 Å². The molecule has 1 saturated carbocycles. The fourth-order valence-electron chi connectivity index (χ4n) is 3.70. The van der Waals surface area contributed by atoms with E-state index < -0.39 is 23.2 Å². The molecule has 4 amide bonds. The molecule has 1 atom stereocenters. The predicted octanol–water partition coefficient (Wildman–Crippen LogP) is 1.82. The van der Waals surface area contributed by atoms with Crippen LogP contribution >= 0.6 is 0 Å². The van der Waals surface area contributed by atoms with Crippen LogP contribution in [0.2, 0.25) is 0 Å². The number of carbonyl (C=O) groups excluding carboxylic acids is 4. The number of nitrogens with one attached hydrogen (secondary N) is 1. The molecule has 152 valence electrons. The van der Waals surface area contributed by atoms with Crippen LogP contribution in [0.25, 0.3) is 0 Å². The van der Waals surface area contributed by atoms with Crippen LogP contribution in [0.15, 0.2) is 0 Å². The number of likely N-dealkylation sites (N-methyl/N-ethyl adjacent to an activating group) is 1. The summed E-state index contributed by atoms with van der Waals surface area (Å²) in [6.07, 6.45) is 3.70. The molecule has 1 spiro atoms. The largest absolute Gasteiger partial charge is 0.460 e. The van der Waals surface area contributed by atoms with Crippen molar-refractivity contribution >= 4 is 23.8 Å². The van der Waals surface area contributed by atoms with Crippen LogP contribution in [0.5, 0.6) is 0 Å². The van der Waals surface area contributed by atoms with E-state index in [9.17, 15) is 19.2 Å². The summed E-state index contributed by atoms with van der Waals surface area (Å²) in [5.74, 6) is -0.931. The van der Waals surface area contributed by atoms with E-state index in [0.717, 1.165) is 17.7 Å². The Labute approximate surface area is 160 Å². The van der Waals surface area contributed by atoms with Crippen LogP contribution in [-0.4, -0.2) is 64.4 Å². The van der Waals surface area contributed by atoms with Gasteiger partial charge in [0.1, 0.15) is 17.2 Å². The quantitative estimate of drug-likeness (QED) is 0.559. The lowest BCUT2D eigenvalue weighted by molar-refractivity contribution is -0.155. The molecule has 27 heavy (non-hydrogen) atoms. The van der Waals surface area contributed by atoms with Crippen LogP contribution in [0.1, 0.15) is 66.2 Å². The average Bonchev–Trinajstić information content (AvgIpc) is 3.10. The van der Waals surface area contributed by atoms with Gasteiger partial charge in [0.15, 0.2) is 0 Å². The molecule has 1 aliphatic heterocycles. The van der Waals surface area contributed by atoms with Crippen molar-refractivity contribution in [3.8, 4) is 0 Å². The lowest BCUT2D eigenvalue weighted by Gasteiger charge is -2.27. The highest BCUT2D eigenvalue weighted by molar-refractivity contribution is 6.09. The van der Waals surface area contributed by atoms with Gasteiger partial charge in [-0.1, -0.05) is 12.8 Å². The minimum absolute atomic E-state index is 0.204. The van der Waals surface area contributed by atoms with Gasteiger partial charge in [0.2, 0.25) is 5.91 Å². The zero-order valence-corrected chi connectivity index (χ0v) is 17.0. The molecule has 0 aromatic rings. The Kier molecular flexibility index (Phi) is 6.17. The second-order valence-electron chi connectivity index (χ2n) is 8.52. The zero-order chi connectivity index (χ0) is 20.4. The monoisotopic (exact) mass is 381 g/mol. The lowest BCUT2D eigenvalue weighted by Crippen LogP contribution is -2.50. The highest BCUT2D eigenvalue weighted by Gasteiger charge is 2.54. The number of esters is 1. The molecule has 0 bridgehead atoms. The maximum absolute atomic E-state index is 12.8. The second kappa shape index (κ2) is 7.86. The summed E-state index contributed by atoms with van der Waals surface area (Å²) >= 11 is 0. The number of ether oxygens (including phenoxy) is 1. The molecule has 1 aliphatic carbocycles. The number of hydrogen-bond acceptors (Lipinski definition) is 5. The molecular formula is C19H31N3O5. The molecule has 8 heteroatoms. The molecule has 8 nitrogen and oxygen atoms in total. The number of imide groups is 1. The Hall–Kier alpha value is -2.12. The molecule has 0 aromatic carbocycles. The molecule has 0 radical (unpaired) electrons. The molecule has 1 N–H and O–H groups in total. The third-order valence-electron chi connectivity index (χ3n) is 5.07. The van der Waals surface area contributed by atoms with Crippen LogP contribution in [0.4, 0.5) is 4.79 Å². The summed E-state index contributed by atoms with van der Waals surface area (Å²) in [7, 11) is 1.61. The van der Waals surface area contributed by atoms with Crippen molar-refractivity contribution in [3.05, 3.63) is 0 Å². The van der Waals surface area contributed by atoms with Crippen molar-refractivity contribution in [1.29, 1.82) is 0 Å². The lowest BCUT2D eigenvalue weighted by atomic mass is 9.97. The maximum Gasteiger partial charge on any atom is 0.325 e.